The fourth-order valence-electron chi connectivity index (χ4n) is 2.75. The molecule has 0 bridgehead atoms. The zero-order valence-electron chi connectivity index (χ0n) is 13.6. The van der Waals surface area contributed by atoms with Crippen molar-refractivity contribution in [2.24, 2.45) is 0 Å². The van der Waals surface area contributed by atoms with Crippen LogP contribution in [0.4, 0.5) is 5.69 Å². The molecule has 0 radical (unpaired) electrons. The molecule has 0 saturated heterocycles. The van der Waals surface area contributed by atoms with E-state index >= 15 is 0 Å². The summed E-state index contributed by atoms with van der Waals surface area (Å²) in [6.45, 7) is 4.56. The number of carbonyl (C=O) groups excluding carboxylic acids is 1. The zero-order valence-corrected chi connectivity index (χ0v) is 15.1. The van der Waals surface area contributed by atoms with Crippen molar-refractivity contribution < 1.29 is 18.8 Å². The SMILES string of the molecule is Cc1cc(C(=O)Nc2cc3c(cc2Br)OCCO3)c2c(C)noc2n1. The summed E-state index contributed by atoms with van der Waals surface area (Å²) in [6, 6.07) is 5.23. The molecule has 3 aromatic rings. The number of aromatic nitrogens is 2. The number of ether oxygens (including phenoxy) is 2. The molecule has 1 amide bonds. The summed E-state index contributed by atoms with van der Waals surface area (Å²) in [6.07, 6.45) is 0. The van der Waals surface area contributed by atoms with Gasteiger partial charge in [-0.1, -0.05) is 5.16 Å². The number of anilines is 1. The molecule has 7 nitrogen and oxygen atoms in total. The molecule has 1 aliphatic rings. The molecule has 128 valence electrons. The summed E-state index contributed by atoms with van der Waals surface area (Å²) < 4.78 is 17.0. The normalized spacial score (nSPS) is 13.1. The van der Waals surface area contributed by atoms with Gasteiger partial charge in [-0.3, -0.25) is 4.79 Å². The number of hydrogen-bond donors (Lipinski definition) is 1. The number of fused-ring (bicyclic) bond motifs is 2. The lowest BCUT2D eigenvalue weighted by Gasteiger charge is -2.20. The summed E-state index contributed by atoms with van der Waals surface area (Å²) in [5.74, 6) is 0.967. The Morgan fingerprint density at radius 2 is 1.88 bits per heavy atom. The van der Waals surface area contributed by atoms with Crippen molar-refractivity contribution in [1.29, 1.82) is 0 Å². The Labute approximate surface area is 151 Å². The summed E-state index contributed by atoms with van der Waals surface area (Å²) in [4.78, 5) is 17.1. The maximum Gasteiger partial charge on any atom is 0.258 e. The Morgan fingerprint density at radius 1 is 1.16 bits per heavy atom. The summed E-state index contributed by atoms with van der Waals surface area (Å²) >= 11 is 3.45. The fourth-order valence-corrected chi connectivity index (χ4v) is 3.17. The van der Waals surface area contributed by atoms with Crippen molar-refractivity contribution >= 4 is 38.6 Å². The first kappa shape index (κ1) is 15.9. The lowest BCUT2D eigenvalue weighted by Crippen LogP contribution is -2.17. The van der Waals surface area contributed by atoms with Crippen LogP contribution in [0.25, 0.3) is 11.1 Å². The number of hydrogen-bond acceptors (Lipinski definition) is 6. The van der Waals surface area contributed by atoms with Crippen molar-refractivity contribution in [3.63, 3.8) is 0 Å². The van der Waals surface area contributed by atoms with Crippen LogP contribution >= 0.6 is 15.9 Å². The Hall–Kier alpha value is -2.61. The van der Waals surface area contributed by atoms with Gasteiger partial charge in [0.2, 0.25) is 0 Å². The maximum absolute atomic E-state index is 12.8. The topological polar surface area (TPSA) is 86.5 Å². The van der Waals surface area contributed by atoms with Gasteiger partial charge in [-0.25, -0.2) is 4.98 Å². The molecule has 1 aromatic carbocycles. The smallest absolute Gasteiger partial charge is 0.258 e. The van der Waals surface area contributed by atoms with E-state index in [1.807, 2.05) is 0 Å². The highest BCUT2D eigenvalue weighted by molar-refractivity contribution is 9.10. The molecule has 1 aliphatic heterocycles. The van der Waals surface area contributed by atoms with Crippen LogP contribution in [0.1, 0.15) is 21.7 Å². The summed E-state index contributed by atoms with van der Waals surface area (Å²) in [5.41, 5.74) is 2.70. The fraction of sp³-hybridized carbons (Fsp3) is 0.235. The largest absolute Gasteiger partial charge is 0.486 e. The lowest BCUT2D eigenvalue weighted by atomic mass is 10.1. The molecule has 1 N–H and O–H groups in total. The van der Waals surface area contributed by atoms with E-state index in [-0.39, 0.29) is 5.91 Å². The number of rotatable bonds is 2. The quantitative estimate of drug-likeness (QED) is 0.702. The minimum atomic E-state index is -0.279. The van der Waals surface area contributed by atoms with E-state index in [1.165, 1.54) is 0 Å². The average molecular weight is 404 g/mol. The van der Waals surface area contributed by atoms with E-state index in [4.69, 9.17) is 14.0 Å². The molecule has 8 heteroatoms. The lowest BCUT2D eigenvalue weighted by molar-refractivity contribution is 0.102. The van der Waals surface area contributed by atoms with Crippen LogP contribution in [0, 0.1) is 13.8 Å². The number of aryl methyl sites for hydroxylation is 2. The second-order valence-electron chi connectivity index (χ2n) is 5.69. The van der Waals surface area contributed by atoms with Gasteiger partial charge < -0.3 is 19.3 Å². The number of pyridine rings is 1. The van der Waals surface area contributed by atoms with Crippen molar-refractivity contribution in [3.8, 4) is 11.5 Å². The van der Waals surface area contributed by atoms with Gasteiger partial charge in [0.1, 0.15) is 13.2 Å². The number of nitrogens with zero attached hydrogens (tertiary/aromatic N) is 2. The number of amides is 1. The van der Waals surface area contributed by atoms with E-state index in [9.17, 15) is 4.79 Å². The van der Waals surface area contributed by atoms with Gasteiger partial charge in [0.15, 0.2) is 11.5 Å². The molecule has 0 aliphatic carbocycles. The molecule has 0 unspecified atom stereocenters. The van der Waals surface area contributed by atoms with Crippen LogP contribution in [0.3, 0.4) is 0 Å². The Balaban J connectivity index is 1.72. The van der Waals surface area contributed by atoms with Gasteiger partial charge in [-0.15, -0.1) is 0 Å². The van der Waals surface area contributed by atoms with Gasteiger partial charge in [-0.2, -0.15) is 0 Å². The first-order valence-corrected chi connectivity index (χ1v) is 8.46. The first-order valence-electron chi connectivity index (χ1n) is 7.67. The van der Waals surface area contributed by atoms with Crippen LogP contribution in [0.2, 0.25) is 0 Å². The number of carbonyl (C=O) groups is 1. The zero-order chi connectivity index (χ0) is 17.6. The predicted octanol–water partition coefficient (Wildman–Crippen LogP) is 3.63. The van der Waals surface area contributed by atoms with Crippen LogP contribution in [-0.2, 0) is 0 Å². The van der Waals surface area contributed by atoms with Crippen molar-refractivity contribution in [1.82, 2.24) is 10.1 Å². The van der Waals surface area contributed by atoms with Gasteiger partial charge in [-0.05, 0) is 35.8 Å². The monoisotopic (exact) mass is 403 g/mol. The number of halogens is 1. The molecule has 0 spiro atoms. The van der Waals surface area contributed by atoms with Gasteiger partial charge in [0, 0.05) is 22.3 Å². The molecule has 0 fully saturated rings. The summed E-state index contributed by atoms with van der Waals surface area (Å²) in [7, 11) is 0. The van der Waals surface area contributed by atoms with Crippen LogP contribution in [-0.4, -0.2) is 29.3 Å². The van der Waals surface area contributed by atoms with Crippen LogP contribution < -0.4 is 14.8 Å². The minimum absolute atomic E-state index is 0.279. The average Bonchev–Trinajstić information content (AvgIpc) is 2.95. The van der Waals surface area contributed by atoms with E-state index in [0.29, 0.717) is 62.9 Å². The second kappa shape index (κ2) is 6.03. The molecule has 3 heterocycles. The molecule has 2 aromatic heterocycles. The number of nitrogens with one attached hydrogen (secondary N) is 1. The highest BCUT2D eigenvalue weighted by atomic mass is 79.9. The second-order valence-corrected chi connectivity index (χ2v) is 6.54. The Bertz CT molecular complexity index is 999. The molecule has 4 rings (SSSR count). The standard InChI is InChI=1S/C17H14BrN3O4/c1-8-5-10(15-9(2)21-25-17(15)19-8)16(22)20-12-7-14-13(6-11(12)18)23-3-4-24-14/h5-7H,3-4H2,1-2H3,(H,20,22). The third kappa shape index (κ3) is 2.82. The van der Waals surface area contributed by atoms with Gasteiger partial charge >= 0.3 is 0 Å². The van der Waals surface area contributed by atoms with Gasteiger partial charge in [0.05, 0.1) is 22.3 Å². The van der Waals surface area contributed by atoms with Gasteiger partial charge in [0.25, 0.3) is 11.6 Å². The Morgan fingerprint density at radius 3 is 2.64 bits per heavy atom. The molecular weight excluding hydrogens is 390 g/mol. The molecular formula is C17H14BrN3O4. The third-order valence-electron chi connectivity index (χ3n) is 3.87. The van der Waals surface area contributed by atoms with E-state index in [1.54, 1.807) is 32.0 Å². The van der Waals surface area contributed by atoms with E-state index < -0.39 is 0 Å². The van der Waals surface area contributed by atoms with Crippen molar-refractivity contribution in [2.75, 3.05) is 18.5 Å². The Kier molecular flexibility index (Phi) is 3.84. The summed E-state index contributed by atoms with van der Waals surface area (Å²) in [5, 5.41) is 7.40. The van der Waals surface area contributed by atoms with Crippen LogP contribution in [0.5, 0.6) is 11.5 Å². The van der Waals surface area contributed by atoms with E-state index in [0.717, 1.165) is 0 Å². The molecule has 25 heavy (non-hydrogen) atoms. The van der Waals surface area contributed by atoms with Crippen molar-refractivity contribution in [2.45, 2.75) is 13.8 Å². The highest BCUT2D eigenvalue weighted by Gasteiger charge is 2.20. The molecule has 0 atom stereocenters. The predicted molar refractivity (Wildman–Crippen MR) is 94.4 cm³/mol. The minimum Gasteiger partial charge on any atom is -0.486 e. The van der Waals surface area contributed by atoms with Crippen LogP contribution in [0.15, 0.2) is 27.2 Å². The number of benzene rings is 1. The third-order valence-corrected chi connectivity index (χ3v) is 4.53. The molecule has 0 saturated carbocycles. The van der Waals surface area contributed by atoms with Crippen molar-refractivity contribution in [3.05, 3.63) is 39.6 Å². The highest BCUT2D eigenvalue weighted by Crippen LogP contribution is 2.38. The maximum atomic E-state index is 12.8. The van der Waals surface area contributed by atoms with E-state index in [2.05, 4.69) is 31.4 Å². The first-order chi connectivity index (χ1) is 12.0.